The first-order valence-corrected chi connectivity index (χ1v) is 8.11. The van der Waals surface area contributed by atoms with Gasteiger partial charge in [0.1, 0.15) is 6.54 Å². The molecule has 0 aliphatic carbocycles. The van der Waals surface area contributed by atoms with Crippen molar-refractivity contribution < 1.29 is 24.0 Å². The fourth-order valence-corrected chi connectivity index (χ4v) is 2.26. The highest BCUT2D eigenvalue weighted by atomic mass is 16.6. The molecule has 0 aliphatic rings. The lowest BCUT2D eigenvalue weighted by atomic mass is 10.1. The molecule has 2 rings (SSSR count). The number of ketones is 1. The normalized spacial score (nSPS) is 11.3. The Morgan fingerprint density at radius 1 is 1.11 bits per heavy atom. The van der Waals surface area contributed by atoms with E-state index in [0.29, 0.717) is 5.56 Å². The van der Waals surface area contributed by atoms with Crippen molar-refractivity contribution in [3.8, 4) is 0 Å². The van der Waals surface area contributed by atoms with Crippen LogP contribution in [0, 0.1) is 17.0 Å². The number of benzene rings is 2. The topological polar surface area (TPSA) is 116 Å². The number of aryl methyl sites for hydroxylation is 1. The van der Waals surface area contributed by atoms with E-state index in [-0.39, 0.29) is 17.0 Å². The van der Waals surface area contributed by atoms with Crippen molar-refractivity contribution in [2.24, 2.45) is 0 Å². The lowest BCUT2D eigenvalue weighted by Crippen LogP contribution is -2.34. The minimum Gasteiger partial charge on any atom is -0.453 e. The van der Waals surface area contributed by atoms with Crippen molar-refractivity contribution in [1.29, 1.82) is 0 Å². The van der Waals surface area contributed by atoms with E-state index in [1.54, 1.807) is 24.3 Å². The van der Waals surface area contributed by atoms with Gasteiger partial charge in [-0.3, -0.25) is 24.5 Å². The van der Waals surface area contributed by atoms with Gasteiger partial charge in [0.25, 0.3) is 11.6 Å². The number of rotatable bonds is 7. The van der Waals surface area contributed by atoms with E-state index in [1.807, 2.05) is 6.92 Å². The van der Waals surface area contributed by atoms with Gasteiger partial charge in [-0.2, -0.15) is 0 Å². The maximum atomic E-state index is 12.2. The molecule has 0 aliphatic heterocycles. The molecule has 2 aromatic rings. The summed E-state index contributed by atoms with van der Waals surface area (Å²) in [4.78, 5) is 46.2. The number of ether oxygens (including phenoxy) is 1. The fourth-order valence-electron chi connectivity index (χ4n) is 2.26. The SMILES string of the molecule is Cc1ccc(C(=O)[C@@H](C)OC(=O)CNC(=O)c2cccc([N+](=O)[O-])c2)cc1. The van der Waals surface area contributed by atoms with E-state index in [9.17, 15) is 24.5 Å². The lowest BCUT2D eigenvalue weighted by molar-refractivity contribution is -0.384. The van der Waals surface area contributed by atoms with Crippen LogP contribution in [0.4, 0.5) is 5.69 Å². The van der Waals surface area contributed by atoms with Crippen molar-refractivity contribution in [3.63, 3.8) is 0 Å². The van der Waals surface area contributed by atoms with Crippen LogP contribution >= 0.6 is 0 Å². The Kier molecular flexibility index (Phi) is 6.37. The first-order valence-electron chi connectivity index (χ1n) is 8.11. The zero-order valence-electron chi connectivity index (χ0n) is 14.8. The summed E-state index contributed by atoms with van der Waals surface area (Å²) in [6, 6.07) is 12.0. The molecule has 140 valence electrons. The van der Waals surface area contributed by atoms with E-state index >= 15 is 0 Å². The molecule has 8 heteroatoms. The molecule has 0 unspecified atom stereocenters. The first kappa shape index (κ1) is 19.8. The number of nitrogens with one attached hydrogen (secondary N) is 1. The summed E-state index contributed by atoms with van der Waals surface area (Å²) in [5, 5.41) is 13.0. The summed E-state index contributed by atoms with van der Waals surface area (Å²) in [5.41, 5.74) is 1.23. The molecule has 1 N–H and O–H groups in total. The molecule has 0 heterocycles. The number of nitrogens with zero attached hydrogens (tertiary/aromatic N) is 1. The van der Waals surface area contributed by atoms with Gasteiger partial charge in [0.05, 0.1) is 4.92 Å². The number of nitro groups is 1. The Bertz CT molecular complexity index is 876. The van der Waals surface area contributed by atoms with Crippen LogP contribution in [0.3, 0.4) is 0 Å². The number of carbonyl (C=O) groups is 3. The molecular weight excluding hydrogens is 352 g/mol. The number of non-ortho nitro benzene ring substituents is 1. The average Bonchev–Trinajstić information content (AvgIpc) is 2.66. The second kappa shape index (κ2) is 8.70. The van der Waals surface area contributed by atoms with Gasteiger partial charge in [-0.15, -0.1) is 0 Å². The molecule has 1 amide bonds. The van der Waals surface area contributed by atoms with Crippen LogP contribution in [0.2, 0.25) is 0 Å². The molecule has 0 bridgehead atoms. The van der Waals surface area contributed by atoms with Crippen LogP contribution in [0.5, 0.6) is 0 Å². The number of Topliss-reactive ketones (excluding diaryl/α,β-unsaturated/α-hetero) is 1. The largest absolute Gasteiger partial charge is 0.453 e. The average molecular weight is 370 g/mol. The lowest BCUT2D eigenvalue weighted by Gasteiger charge is -2.13. The summed E-state index contributed by atoms with van der Waals surface area (Å²) in [7, 11) is 0. The Morgan fingerprint density at radius 3 is 2.41 bits per heavy atom. The van der Waals surface area contributed by atoms with Gasteiger partial charge in [0.2, 0.25) is 5.78 Å². The zero-order chi connectivity index (χ0) is 20.0. The van der Waals surface area contributed by atoms with E-state index in [2.05, 4.69) is 5.32 Å². The van der Waals surface area contributed by atoms with Gasteiger partial charge in [0.15, 0.2) is 6.10 Å². The van der Waals surface area contributed by atoms with Crippen LogP contribution in [-0.4, -0.2) is 35.2 Å². The van der Waals surface area contributed by atoms with E-state index in [4.69, 9.17) is 4.74 Å². The van der Waals surface area contributed by atoms with Crippen LogP contribution < -0.4 is 5.32 Å². The number of hydrogen-bond acceptors (Lipinski definition) is 6. The fraction of sp³-hybridized carbons (Fsp3) is 0.211. The minimum atomic E-state index is -1.00. The van der Waals surface area contributed by atoms with Gasteiger partial charge in [-0.25, -0.2) is 0 Å². The van der Waals surface area contributed by atoms with Crippen molar-refractivity contribution >= 4 is 23.3 Å². The van der Waals surface area contributed by atoms with E-state index in [0.717, 1.165) is 11.6 Å². The minimum absolute atomic E-state index is 0.0424. The molecule has 0 fully saturated rings. The predicted octanol–water partition coefficient (Wildman–Crippen LogP) is 2.45. The van der Waals surface area contributed by atoms with E-state index in [1.165, 1.54) is 25.1 Å². The number of amides is 1. The van der Waals surface area contributed by atoms with Gasteiger partial charge in [0, 0.05) is 23.3 Å². The van der Waals surface area contributed by atoms with Crippen molar-refractivity contribution in [2.75, 3.05) is 6.54 Å². The molecule has 8 nitrogen and oxygen atoms in total. The monoisotopic (exact) mass is 370 g/mol. The van der Waals surface area contributed by atoms with Gasteiger partial charge < -0.3 is 10.1 Å². The summed E-state index contributed by atoms with van der Waals surface area (Å²) in [6.07, 6.45) is -1.00. The summed E-state index contributed by atoms with van der Waals surface area (Å²) in [5.74, 6) is -1.80. The third-order valence-corrected chi connectivity index (χ3v) is 3.73. The zero-order valence-corrected chi connectivity index (χ0v) is 14.8. The Morgan fingerprint density at radius 2 is 1.78 bits per heavy atom. The number of carbonyl (C=O) groups excluding carboxylic acids is 3. The maximum absolute atomic E-state index is 12.2. The van der Waals surface area contributed by atoms with Gasteiger partial charge in [-0.1, -0.05) is 35.9 Å². The molecule has 2 aromatic carbocycles. The highest BCUT2D eigenvalue weighted by Crippen LogP contribution is 2.13. The van der Waals surface area contributed by atoms with Crippen LogP contribution in [-0.2, 0) is 9.53 Å². The second-order valence-electron chi connectivity index (χ2n) is 5.85. The van der Waals surface area contributed by atoms with Gasteiger partial charge >= 0.3 is 5.97 Å². The maximum Gasteiger partial charge on any atom is 0.326 e. The van der Waals surface area contributed by atoms with Crippen molar-refractivity contribution in [3.05, 3.63) is 75.3 Å². The molecule has 0 spiro atoms. The number of hydrogen-bond donors (Lipinski definition) is 1. The summed E-state index contributed by atoms with van der Waals surface area (Å²) in [6.45, 7) is 2.87. The molecule has 1 atom stereocenters. The quantitative estimate of drug-likeness (QED) is 0.346. The Hall–Kier alpha value is -3.55. The first-order chi connectivity index (χ1) is 12.8. The highest BCUT2D eigenvalue weighted by molar-refractivity contribution is 6.00. The van der Waals surface area contributed by atoms with Gasteiger partial charge in [-0.05, 0) is 19.9 Å². The predicted molar refractivity (Wildman–Crippen MR) is 96.5 cm³/mol. The third-order valence-electron chi connectivity index (χ3n) is 3.73. The molecule has 0 radical (unpaired) electrons. The van der Waals surface area contributed by atoms with Crippen LogP contribution in [0.15, 0.2) is 48.5 Å². The number of esters is 1. The van der Waals surface area contributed by atoms with Crippen LogP contribution in [0.25, 0.3) is 0 Å². The van der Waals surface area contributed by atoms with Crippen molar-refractivity contribution in [2.45, 2.75) is 20.0 Å². The molecule has 0 saturated carbocycles. The van der Waals surface area contributed by atoms with Crippen molar-refractivity contribution in [1.82, 2.24) is 5.32 Å². The Labute approximate surface area is 155 Å². The standard InChI is InChI=1S/C19H18N2O6/c1-12-6-8-14(9-7-12)18(23)13(2)27-17(22)11-20-19(24)15-4-3-5-16(10-15)21(25)26/h3-10,13H,11H2,1-2H3,(H,20,24)/t13-/m1/s1. The third kappa shape index (κ3) is 5.46. The molecular formula is C19H18N2O6. The smallest absolute Gasteiger partial charge is 0.326 e. The summed E-state index contributed by atoms with van der Waals surface area (Å²) >= 11 is 0. The molecule has 27 heavy (non-hydrogen) atoms. The number of nitro benzene ring substituents is 1. The molecule has 0 aromatic heterocycles. The molecule has 0 saturated heterocycles. The Balaban J connectivity index is 1.89. The van der Waals surface area contributed by atoms with E-state index < -0.39 is 29.4 Å². The second-order valence-corrected chi connectivity index (χ2v) is 5.85. The van der Waals surface area contributed by atoms with Crippen LogP contribution in [0.1, 0.15) is 33.2 Å². The summed E-state index contributed by atoms with van der Waals surface area (Å²) < 4.78 is 5.03. The highest BCUT2D eigenvalue weighted by Gasteiger charge is 2.20.